The van der Waals surface area contributed by atoms with E-state index in [2.05, 4.69) is 25.8 Å². The molecule has 1 unspecified atom stereocenters. The van der Waals surface area contributed by atoms with Gasteiger partial charge in [0.25, 0.3) is 0 Å². The zero-order valence-electron chi connectivity index (χ0n) is 15.2. The zero-order valence-corrected chi connectivity index (χ0v) is 15.2. The number of aromatic nitrogens is 2. The first-order valence-corrected chi connectivity index (χ1v) is 9.72. The molecule has 1 aliphatic carbocycles. The number of hydrogen-bond acceptors (Lipinski definition) is 6. The van der Waals surface area contributed by atoms with Crippen molar-refractivity contribution in [3.63, 3.8) is 0 Å². The monoisotopic (exact) mass is 346 g/mol. The lowest BCUT2D eigenvalue weighted by Gasteiger charge is -2.42. The summed E-state index contributed by atoms with van der Waals surface area (Å²) < 4.78 is 5.50. The van der Waals surface area contributed by atoms with Crippen LogP contribution in [0.15, 0.2) is 12.4 Å². The van der Waals surface area contributed by atoms with Crippen LogP contribution in [-0.4, -0.2) is 70.5 Å². The second-order valence-corrected chi connectivity index (χ2v) is 8.04. The molecule has 0 bridgehead atoms. The summed E-state index contributed by atoms with van der Waals surface area (Å²) in [5, 5.41) is 10.7. The lowest BCUT2D eigenvalue weighted by atomic mass is 9.94. The molecule has 0 amide bonds. The minimum Gasteiger partial charge on any atom is -0.386 e. The fourth-order valence-electron chi connectivity index (χ4n) is 4.34. The highest BCUT2D eigenvalue weighted by Gasteiger charge is 2.38. The molecule has 1 saturated carbocycles. The number of nitrogens with zero attached hydrogens (tertiary/aromatic N) is 4. The maximum atomic E-state index is 10.7. The van der Waals surface area contributed by atoms with Crippen LogP contribution in [0.5, 0.6) is 0 Å². The molecule has 6 heteroatoms. The van der Waals surface area contributed by atoms with E-state index < -0.39 is 5.60 Å². The summed E-state index contributed by atoms with van der Waals surface area (Å²) in [7, 11) is 0. The van der Waals surface area contributed by atoms with Crippen molar-refractivity contribution < 1.29 is 9.84 Å². The van der Waals surface area contributed by atoms with E-state index in [1.54, 1.807) is 6.33 Å². The van der Waals surface area contributed by atoms with Gasteiger partial charge in [0.15, 0.2) is 0 Å². The summed E-state index contributed by atoms with van der Waals surface area (Å²) in [6.07, 6.45) is 8.35. The van der Waals surface area contributed by atoms with Crippen LogP contribution in [0.3, 0.4) is 0 Å². The van der Waals surface area contributed by atoms with E-state index in [1.165, 1.54) is 12.8 Å². The number of hydrogen-bond donors (Lipinski definition) is 1. The molecule has 2 aliphatic heterocycles. The van der Waals surface area contributed by atoms with Gasteiger partial charge in [0, 0.05) is 50.1 Å². The van der Waals surface area contributed by atoms with Crippen molar-refractivity contribution in [1.82, 2.24) is 14.9 Å². The third kappa shape index (κ3) is 4.13. The highest BCUT2D eigenvalue weighted by atomic mass is 16.5. The van der Waals surface area contributed by atoms with E-state index in [-0.39, 0.29) is 0 Å². The molecule has 1 atom stereocenters. The number of anilines is 1. The van der Waals surface area contributed by atoms with Crippen LogP contribution in [0.4, 0.5) is 5.82 Å². The molecule has 3 fully saturated rings. The molecule has 4 rings (SSSR count). The Morgan fingerprint density at radius 1 is 1.24 bits per heavy atom. The molecule has 2 saturated heterocycles. The van der Waals surface area contributed by atoms with Gasteiger partial charge < -0.3 is 19.6 Å². The van der Waals surface area contributed by atoms with Crippen molar-refractivity contribution in [2.45, 2.75) is 63.1 Å². The molecular formula is C19H30N4O2. The molecule has 0 spiro atoms. The SMILES string of the molecule is Cc1cc(N(C2CC2)C2CCN(CC3(O)CCCOC3)CC2)ncn1. The molecular weight excluding hydrogens is 316 g/mol. The Kier molecular flexibility index (Phi) is 4.93. The predicted molar refractivity (Wildman–Crippen MR) is 96.7 cm³/mol. The average Bonchev–Trinajstić information content (AvgIpc) is 3.42. The van der Waals surface area contributed by atoms with Crippen molar-refractivity contribution in [2.75, 3.05) is 37.7 Å². The van der Waals surface area contributed by atoms with Crippen molar-refractivity contribution >= 4 is 5.82 Å². The van der Waals surface area contributed by atoms with Gasteiger partial charge in [-0.1, -0.05) is 0 Å². The highest BCUT2D eigenvalue weighted by Crippen LogP contribution is 2.35. The van der Waals surface area contributed by atoms with Crippen molar-refractivity contribution in [1.29, 1.82) is 0 Å². The van der Waals surface area contributed by atoms with E-state index in [9.17, 15) is 5.11 Å². The number of piperidine rings is 1. The summed E-state index contributed by atoms with van der Waals surface area (Å²) in [4.78, 5) is 13.8. The van der Waals surface area contributed by atoms with Crippen LogP contribution < -0.4 is 4.90 Å². The van der Waals surface area contributed by atoms with Crippen molar-refractivity contribution in [3.05, 3.63) is 18.1 Å². The van der Waals surface area contributed by atoms with Gasteiger partial charge >= 0.3 is 0 Å². The predicted octanol–water partition coefficient (Wildman–Crippen LogP) is 1.76. The fraction of sp³-hybridized carbons (Fsp3) is 0.789. The second-order valence-electron chi connectivity index (χ2n) is 8.04. The van der Waals surface area contributed by atoms with Gasteiger partial charge in [-0.2, -0.15) is 0 Å². The maximum Gasteiger partial charge on any atom is 0.132 e. The third-order valence-corrected chi connectivity index (χ3v) is 5.76. The van der Waals surface area contributed by atoms with Gasteiger partial charge in [-0.3, -0.25) is 0 Å². The molecule has 1 N–H and O–H groups in total. The summed E-state index contributed by atoms with van der Waals surface area (Å²) in [5.74, 6) is 1.09. The molecule has 1 aromatic heterocycles. The minimum absolute atomic E-state index is 0.487. The van der Waals surface area contributed by atoms with Crippen LogP contribution in [-0.2, 0) is 4.74 Å². The first-order chi connectivity index (χ1) is 12.1. The van der Waals surface area contributed by atoms with Gasteiger partial charge in [-0.15, -0.1) is 0 Å². The summed E-state index contributed by atoms with van der Waals surface area (Å²) >= 11 is 0. The average molecular weight is 346 g/mol. The molecule has 6 nitrogen and oxygen atoms in total. The number of β-amino-alcohol motifs (C(OH)–C–C–N with tert-alkyl or cyclic N) is 1. The molecule has 0 aromatic carbocycles. The van der Waals surface area contributed by atoms with Gasteiger partial charge in [0.2, 0.25) is 0 Å². The third-order valence-electron chi connectivity index (χ3n) is 5.76. The van der Waals surface area contributed by atoms with Gasteiger partial charge in [-0.25, -0.2) is 9.97 Å². The van der Waals surface area contributed by atoms with Crippen LogP contribution in [0, 0.1) is 6.92 Å². The Balaban J connectivity index is 1.37. The number of aryl methyl sites for hydroxylation is 1. The van der Waals surface area contributed by atoms with E-state index >= 15 is 0 Å². The summed E-state index contributed by atoms with van der Waals surface area (Å²) in [5.41, 5.74) is 0.387. The van der Waals surface area contributed by atoms with E-state index in [4.69, 9.17) is 4.74 Å². The molecule has 0 radical (unpaired) electrons. The second kappa shape index (κ2) is 7.17. The first-order valence-electron chi connectivity index (χ1n) is 9.72. The topological polar surface area (TPSA) is 61.7 Å². The van der Waals surface area contributed by atoms with Crippen LogP contribution in [0.25, 0.3) is 0 Å². The summed E-state index contributed by atoms with van der Waals surface area (Å²) in [6, 6.07) is 3.32. The van der Waals surface area contributed by atoms with Gasteiger partial charge in [0.05, 0.1) is 6.61 Å². The Labute approximate surface area is 150 Å². The Morgan fingerprint density at radius 3 is 2.64 bits per heavy atom. The standard InChI is InChI=1S/C19H30N4O2/c1-15-11-18(21-14-20-15)23(16-3-4-16)17-5-8-22(9-6-17)12-19(24)7-2-10-25-13-19/h11,14,16-17,24H,2-10,12-13H2,1H3. The molecule has 3 heterocycles. The van der Waals surface area contributed by atoms with Crippen molar-refractivity contribution in [2.24, 2.45) is 0 Å². The molecule has 1 aromatic rings. The Morgan fingerprint density at radius 2 is 2.00 bits per heavy atom. The van der Waals surface area contributed by atoms with Gasteiger partial charge in [0.1, 0.15) is 17.7 Å². The quantitative estimate of drug-likeness (QED) is 0.877. The van der Waals surface area contributed by atoms with Gasteiger partial charge in [-0.05, 0) is 45.4 Å². The lowest BCUT2D eigenvalue weighted by molar-refractivity contribution is -0.102. The maximum absolute atomic E-state index is 10.7. The minimum atomic E-state index is -0.648. The largest absolute Gasteiger partial charge is 0.386 e. The first kappa shape index (κ1) is 17.2. The Hall–Kier alpha value is -1.24. The number of ether oxygens (including phenoxy) is 1. The highest BCUT2D eigenvalue weighted by molar-refractivity contribution is 5.43. The van der Waals surface area contributed by atoms with Crippen LogP contribution >= 0.6 is 0 Å². The molecule has 138 valence electrons. The zero-order chi connectivity index (χ0) is 17.3. The molecule has 25 heavy (non-hydrogen) atoms. The van der Waals surface area contributed by atoms with E-state index in [0.717, 1.165) is 63.4 Å². The summed E-state index contributed by atoms with van der Waals surface area (Å²) in [6.45, 7) is 6.14. The van der Waals surface area contributed by atoms with Crippen LogP contribution in [0.2, 0.25) is 0 Å². The fourth-order valence-corrected chi connectivity index (χ4v) is 4.34. The molecule has 3 aliphatic rings. The van der Waals surface area contributed by atoms with E-state index in [0.29, 0.717) is 18.7 Å². The van der Waals surface area contributed by atoms with E-state index in [1.807, 2.05) is 6.92 Å². The Bertz CT molecular complexity index is 579. The smallest absolute Gasteiger partial charge is 0.132 e. The van der Waals surface area contributed by atoms with Crippen molar-refractivity contribution in [3.8, 4) is 0 Å². The number of likely N-dealkylation sites (tertiary alicyclic amines) is 1. The normalized spacial score (nSPS) is 28.9. The van der Waals surface area contributed by atoms with Crippen LogP contribution in [0.1, 0.15) is 44.2 Å². The number of aliphatic hydroxyl groups is 1. The lowest BCUT2D eigenvalue weighted by Crippen LogP contribution is -2.53. The number of rotatable bonds is 5.